The standard InChI is InChI=1S/C23H27NO5/c1-3-26-22(23(25)27-4-2)17-18-9-11-19(12-10-18)28-15-13-24-14-16-29-21-8-6-5-7-20(21)24/h5-12,17H,3-4,13-16H2,1-2H3. The third kappa shape index (κ3) is 5.67. The lowest BCUT2D eigenvalue weighted by Gasteiger charge is -2.31. The lowest BCUT2D eigenvalue weighted by molar-refractivity contribution is -0.142. The van der Waals surface area contributed by atoms with Crippen molar-refractivity contribution < 1.29 is 23.7 Å². The minimum Gasteiger partial charge on any atom is -0.492 e. The van der Waals surface area contributed by atoms with Gasteiger partial charge in [-0.3, -0.25) is 0 Å². The third-order valence-electron chi connectivity index (χ3n) is 4.41. The molecule has 0 atom stereocenters. The van der Waals surface area contributed by atoms with Crippen LogP contribution in [0.4, 0.5) is 5.69 Å². The predicted molar refractivity (Wildman–Crippen MR) is 112 cm³/mol. The molecule has 2 aromatic rings. The van der Waals surface area contributed by atoms with Crippen LogP contribution < -0.4 is 14.4 Å². The van der Waals surface area contributed by atoms with Gasteiger partial charge in [-0.2, -0.15) is 0 Å². The van der Waals surface area contributed by atoms with Crippen molar-refractivity contribution in [2.24, 2.45) is 0 Å². The highest BCUT2D eigenvalue weighted by Crippen LogP contribution is 2.30. The smallest absolute Gasteiger partial charge is 0.373 e. The van der Waals surface area contributed by atoms with Crippen LogP contribution in [0.1, 0.15) is 19.4 Å². The second kappa shape index (κ2) is 10.4. The topological polar surface area (TPSA) is 57.2 Å². The van der Waals surface area contributed by atoms with Gasteiger partial charge in [0.2, 0.25) is 5.76 Å². The van der Waals surface area contributed by atoms with Gasteiger partial charge in [0.25, 0.3) is 0 Å². The Labute approximate surface area is 171 Å². The molecule has 6 heteroatoms. The Hall–Kier alpha value is -3.15. The van der Waals surface area contributed by atoms with Gasteiger partial charge in [-0.25, -0.2) is 4.79 Å². The van der Waals surface area contributed by atoms with Crippen LogP contribution in [0.5, 0.6) is 11.5 Å². The van der Waals surface area contributed by atoms with Gasteiger partial charge in [0.1, 0.15) is 24.7 Å². The number of anilines is 1. The Balaban J connectivity index is 1.56. The summed E-state index contributed by atoms with van der Waals surface area (Å²) in [6.07, 6.45) is 1.68. The average Bonchev–Trinajstić information content (AvgIpc) is 2.75. The van der Waals surface area contributed by atoms with Crippen molar-refractivity contribution in [1.82, 2.24) is 0 Å². The molecule has 0 unspecified atom stereocenters. The van der Waals surface area contributed by atoms with E-state index in [1.807, 2.05) is 49.4 Å². The van der Waals surface area contributed by atoms with Gasteiger partial charge >= 0.3 is 5.97 Å². The van der Waals surface area contributed by atoms with Crippen molar-refractivity contribution in [2.75, 3.05) is 44.4 Å². The van der Waals surface area contributed by atoms with E-state index in [1.165, 1.54) is 0 Å². The SMILES string of the molecule is CCOC(=O)C(=Cc1ccc(OCCN2CCOc3ccccc32)cc1)OCC. The average molecular weight is 397 g/mol. The van der Waals surface area contributed by atoms with E-state index in [1.54, 1.807) is 13.0 Å². The van der Waals surface area contributed by atoms with Crippen molar-refractivity contribution in [3.63, 3.8) is 0 Å². The first-order valence-electron chi connectivity index (χ1n) is 9.92. The van der Waals surface area contributed by atoms with Crippen LogP contribution in [0.3, 0.4) is 0 Å². The van der Waals surface area contributed by atoms with Crippen LogP contribution >= 0.6 is 0 Å². The number of esters is 1. The molecule has 6 nitrogen and oxygen atoms in total. The van der Waals surface area contributed by atoms with Gasteiger partial charge in [-0.15, -0.1) is 0 Å². The van der Waals surface area contributed by atoms with E-state index in [9.17, 15) is 4.79 Å². The molecular weight excluding hydrogens is 370 g/mol. The van der Waals surface area contributed by atoms with E-state index < -0.39 is 5.97 Å². The van der Waals surface area contributed by atoms with Crippen molar-refractivity contribution in [2.45, 2.75) is 13.8 Å². The van der Waals surface area contributed by atoms with Crippen LogP contribution in [0.15, 0.2) is 54.3 Å². The first-order chi connectivity index (χ1) is 14.2. The molecule has 0 radical (unpaired) electrons. The molecule has 1 aliphatic rings. The van der Waals surface area contributed by atoms with Gasteiger partial charge in [-0.05, 0) is 49.8 Å². The number of ether oxygens (including phenoxy) is 4. The first-order valence-corrected chi connectivity index (χ1v) is 9.92. The maximum absolute atomic E-state index is 11.9. The molecule has 154 valence electrons. The molecule has 1 aliphatic heterocycles. The van der Waals surface area contributed by atoms with E-state index in [2.05, 4.69) is 11.0 Å². The van der Waals surface area contributed by atoms with E-state index in [-0.39, 0.29) is 5.76 Å². The summed E-state index contributed by atoms with van der Waals surface area (Å²) in [5, 5.41) is 0. The van der Waals surface area contributed by atoms with Crippen molar-refractivity contribution >= 4 is 17.7 Å². The molecule has 0 saturated heterocycles. The third-order valence-corrected chi connectivity index (χ3v) is 4.41. The number of carbonyl (C=O) groups excluding carboxylic acids is 1. The number of para-hydroxylation sites is 2. The molecule has 0 N–H and O–H groups in total. The van der Waals surface area contributed by atoms with E-state index in [4.69, 9.17) is 18.9 Å². The fourth-order valence-corrected chi connectivity index (χ4v) is 3.06. The quantitative estimate of drug-likeness (QED) is 0.363. The molecule has 0 aliphatic carbocycles. The van der Waals surface area contributed by atoms with E-state index >= 15 is 0 Å². The number of hydrogen-bond donors (Lipinski definition) is 0. The zero-order chi connectivity index (χ0) is 20.5. The maximum Gasteiger partial charge on any atom is 0.373 e. The lowest BCUT2D eigenvalue weighted by atomic mass is 10.2. The zero-order valence-electron chi connectivity index (χ0n) is 16.9. The van der Waals surface area contributed by atoms with Crippen LogP contribution in [0, 0.1) is 0 Å². The monoisotopic (exact) mass is 397 g/mol. The van der Waals surface area contributed by atoms with Gasteiger partial charge in [-0.1, -0.05) is 24.3 Å². The number of benzene rings is 2. The Morgan fingerprint density at radius 3 is 2.59 bits per heavy atom. The Bertz CT molecular complexity index is 831. The zero-order valence-corrected chi connectivity index (χ0v) is 16.9. The largest absolute Gasteiger partial charge is 0.492 e. The molecule has 0 spiro atoms. The minimum atomic E-state index is -0.458. The fraction of sp³-hybridized carbons (Fsp3) is 0.348. The van der Waals surface area contributed by atoms with Crippen LogP contribution in [0.25, 0.3) is 6.08 Å². The second-order valence-electron chi connectivity index (χ2n) is 6.38. The summed E-state index contributed by atoms with van der Waals surface area (Å²) in [6.45, 7) is 7.18. The Kier molecular flexibility index (Phi) is 7.39. The number of fused-ring (bicyclic) bond motifs is 1. The molecule has 0 amide bonds. The van der Waals surface area contributed by atoms with Gasteiger partial charge in [0.05, 0.1) is 32.0 Å². The Morgan fingerprint density at radius 2 is 1.83 bits per heavy atom. The summed E-state index contributed by atoms with van der Waals surface area (Å²) >= 11 is 0. The fourth-order valence-electron chi connectivity index (χ4n) is 3.06. The van der Waals surface area contributed by atoms with Gasteiger partial charge in [0.15, 0.2) is 0 Å². The highest BCUT2D eigenvalue weighted by atomic mass is 16.6. The summed E-state index contributed by atoms with van der Waals surface area (Å²) in [5.41, 5.74) is 1.95. The van der Waals surface area contributed by atoms with Gasteiger partial charge in [0, 0.05) is 0 Å². The molecule has 0 saturated carbocycles. The second-order valence-corrected chi connectivity index (χ2v) is 6.38. The van der Waals surface area contributed by atoms with Crippen LogP contribution in [-0.4, -0.2) is 45.5 Å². The van der Waals surface area contributed by atoms with E-state index in [0.29, 0.717) is 26.4 Å². The first kappa shape index (κ1) is 20.6. The summed E-state index contributed by atoms with van der Waals surface area (Å²) in [5.74, 6) is 1.44. The van der Waals surface area contributed by atoms with Crippen molar-refractivity contribution in [3.8, 4) is 11.5 Å². The molecule has 0 aromatic heterocycles. The summed E-state index contributed by atoms with van der Waals surface area (Å²) in [6, 6.07) is 15.6. The number of rotatable bonds is 9. The molecule has 1 heterocycles. The highest BCUT2D eigenvalue weighted by Gasteiger charge is 2.17. The highest BCUT2D eigenvalue weighted by molar-refractivity contribution is 5.91. The van der Waals surface area contributed by atoms with Crippen LogP contribution in [0.2, 0.25) is 0 Å². The Morgan fingerprint density at radius 1 is 1.07 bits per heavy atom. The van der Waals surface area contributed by atoms with Crippen molar-refractivity contribution in [3.05, 3.63) is 59.9 Å². The molecule has 29 heavy (non-hydrogen) atoms. The van der Waals surface area contributed by atoms with Crippen molar-refractivity contribution in [1.29, 1.82) is 0 Å². The predicted octanol–water partition coefficient (Wildman–Crippen LogP) is 3.90. The molecular formula is C23H27NO5. The van der Waals surface area contributed by atoms with E-state index in [0.717, 1.165) is 35.8 Å². The molecule has 2 aromatic carbocycles. The minimum absolute atomic E-state index is 0.203. The maximum atomic E-state index is 11.9. The number of nitrogens with zero attached hydrogens (tertiary/aromatic N) is 1. The number of carbonyl (C=O) groups is 1. The summed E-state index contributed by atoms with van der Waals surface area (Å²) < 4.78 is 22.0. The summed E-state index contributed by atoms with van der Waals surface area (Å²) in [4.78, 5) is 14.2. The number of hydrogen-bond acceptors (Lipinski definition) is 6. The normalized spacial score (nSPS) is 13.3. The summed E-state index contributed by atoms with van der Waals surface area (Å²) in [7, 11) is 0. The lowest BCUT2D eigenvalue weighted by Crippen LogP contribution is -2.35. The van der Waals surface area contributed by atoms with Gasteiger partial charge < -0.3 is 23.8 Å². The van der Waals surface area contributed by atoms with Crippen LogP contribution in [-0.2, 0) is 14.3 Å². The molecule has 3 rings (SSSR count). The molecule has 0 bridgehead atoms. The molecule has 0 fully saturated rings.